The molecule has 7 heteroatoms. The van der Waals surface area contributed by atoms with E-state index in [9.17, 15) is 9.59 Å². The molecule has 1 fully saturated rings. The molecule has 1 saturated heterocycles. The van der Waals surface area contributed by atoms with Gasteiger partial charge in [0, 0.05) is 26.2 Å². The molecule has 1 atom stereocenters. The van der Waals surface area contributed by atoms with Crippen molar-refractivity contribution >= 4 is 39.1 Å². The lowest BCUT2D eigenvalue weighted by Crippen LogP contribution is -2.53. The first-order valence-electron chi connectivity index (χ1n) is 6.42. The first-order valence-corrected chi connectivity index (χ1v) is 8.03. The minimum atomic E-state index is -0.817. The maximum atomic E-state index is 12.4. The molecule has 0 radical (unpaired) electrons. The van der Waals surface area contributed by atoms with E-state index < -0.39 is 12.0 Å². The maximum Gasteiger partial charge on any atom is 0.320 e. The van der Waals surface area contributed by atoms with Crippen molar-refractivity contribution in [2.45, 2.75) is 19.9 Å². The standard InChI is InChI=1S/C13H17BrN2O3S/c1-8-7-10(20-11(8)14)12(17)16-5-3-15(4-6-16)9(2)13(18)19/h7,9H,3-6H2,1-2H3,(H,18,19). The third-order valence-electron chi connectivity index (χ3n) is 3.57. The summed E-state index contributed by atoms with van der Waals surface area (Å²) in [6.45, 7) is 5.99. The SMILES string of the molecule is Cc1cc(C(=O)N2CCN(C(C)C(=O)O)CC2)sc1Br. The quantitative estimate of drug-likeness (QED) is 0.895. The molecule has 0 bridgehead atoms. The third kappa shape index (κ3) is 3.21. The number of aliphatic carboxylic acids is 1. The summed E-state index contributed by atoms with van der Waals surface area (Å²) in [7, 11) is 0. The Labute approximate surface area is 130 Å². The molecule has 1 N–H and O–H groups in total. The van der Waals surface area contributed by atoms with E-state index in [-0.39, 0.29) is 5.91 Å². The van der Waals surface area contributed by atoms with E-state index in [0.717, 1.165) is 14.2 Å². The lowest BCUT2D eigenvalue weighted by molar-refractivity contribution is -0.143. The van der Waals surface area contributed by atoms with E-state index >= 15 is 0 Å². The zero-order chi connectivity index (χ0) is 14.9. The van der Waals surface area contributed by atoms with E-state index in [1.165, 1.54) is 11.3 Å². The Morgan fingerprint density at radius 3 is 2.40 bits per heavy atom. The highest BCUT2D eigenvalue weighted by molar-refractivity contribution is 9.11. The highest BCUT2D eigenvalue weighted by atomic mass is 79.9. The van der Waals surface area contributed by atoms with Crippen LogP contribution in [0.4, 0.5) is 0 Å². The molecule has 1 unspecified atom stereocenters. The first kappa shape index (κ1) is 15.5. The minimum Gasteiger partial charge on any atom is -0.480 e. The molecule has 1 aromatic heterocycles. The Morgan fingerprint density at radius 1 is 1.35 bits per heavy atom. The van der Waals surface area contributed by atoms with Crippen LogP contribution >= 0.6 is 27.3 Å². The predicted octanol–water partition coefficient (Wildman–Crippen LogP) is 2.05. The summed E-state index contributed by atoms with van der Waals surface area (Å²) < 4.78 is 0.985. The van der Waals surface area contributed by atoms with E-state index in [1.54, 1.807) is 11.8 Å². The van der Waals surface area contributed by atoms with Crippen LogP contribution < -0.4 is 0 Å². The second-order valence-corrected chi connectivity index (χ2v) is 7.28. The van der Waals surface area contributed by atoms with Crippen molar-refractivity contribution in [1.29, 1.82) is 0 Å². The predicted molar refractivity (Wildman–Crippen MR) is 81.3 cm³/mol. The Balaban J connectivity index is 1.97. The number of halogens is 1. The Kier molecular flexibility index (Phi) is 4.82. The topological polar surface area (TPSA) is 60.9 Å². The fourth-order valence-electron chi connectivity index (χ4n) is 2.19. The van der Waals surface area contributed by atoms with Crippen LogP contribution in [0, 0.1) is 6.92 Å². The van der Waals surface area contributed by atoms with Gasteiger partial charge < -0.3 is 10.0 Å². The van der Waals surface area contributed by atoms with Crippen LogP contribution in [0.25, 0.3) is 0 Å². The van der Waals surface area contributed by atoms with Crippen LogP contribution in [0.1, 0.15) is 22.2 Å². The van der Waals surface area contributed by atoms with Crippen molar-refractivity contribution in [2.24, 2.45) is 0 Å². The van der Waals surface area contributed by atoms with Gasteiger partial charge in [-0.3, -0.25) is 14.5 Å². The highest BCUT2D eigenvalue weighted by Crippen LogP contribution is 2.28. The Hall–Kier alpha value is -0.920. The van der Waals surface area contributed by atoms with Gasteiger partial charge in [-0.2, -0.15) is 0 Å². The van der Waals surface area contributed by atoms with Crippen molar-refractivity contribution in [2.75, 3.05) is 26.2 Å². The molecule has 2 heterocycles. The molecular formula is C13H17BrN2O3S. The number of rotatable bonds is 3. The summed E-state index contributed by atoms with van der Waals surface area (Å²) >= 11 is 4.87. The van der Waals surface area contributed by atoms with E-state index in [0.29, 0.717) is 26.2 Å². The monoisotopic (exact) mass is 360 g/mol. The molecule has 110 valence electrons. The summed E-state index contributed by atoms with van der Waals surface area (Å²) in [6.07, 6.45) is 0. The van der Waals surface area contributed by atoms with Crippen LogP contribution in [0.5, 0.6) is 0 Å². The first-order chi connectivity index (χ1) is 9.40. The normalized spacial score (nSPS) is 18.1. The number of hydrogen-bond donors (Lipinski definition) is 1. The van der Waals surface area contributed by atoms with Crippen LogP contribution in [0.2, 0.25) is 0 Å². The second kappa shape index (κ2) is 6.24. The van der Waals surface area contributed by atoms with Crippen LogP contribution in [0.3, 0.4) is 0 Å². The highest BCUT2D eigenvalue weighted by Gasteiger charge is 2.28. The molecule has 0 aliphatic carbocycles. The summed E-state index contributed by atoms with van der Waals surface area (Å²) in [6, 6.07) is 1.40. The van der Waals surface area contributed by atoms with E-state index in [1.807, 2.05) is 17.9 Å². The summed E-state index contributed by atoms with van der Waals surface area (Å²) in [4.78, 5) is 27.7. The summed E-state index contributed by atoms with van der Waals surface area (Å²) in [5, 5.41) is 8.99. The van der Waals surface area contributed by atoms with E-state index in [2.05, 4.69) is 15.9 Å². The summed E-state index contributed by atoms with van der Waals surface area (Å²) in [5.74, 6) is -0.783. The average molecular weight is 361 g/mol. The number of carbonyl (C=O) groups is 2. The number of nitrogens with zero attached hydrogens (tertiary/aromatic N) is 2. The van der Waals surface area contributed by atoms with Crippen molar-refractivity contribution in [3.8, 4) is 0 Å². The minimum absolute atomic E-state index is 0.0337. The van der Waals surface area contributed by atoms with Gasteiger partial charge in [-0.15, -0.1) is 11.3 Å². The zero-order valence-corrected chi connectivity index (χ0v) is 13.8. The molecule has 2 rings (SSSR count). The molecule has 0 aromatic carbocycles. The average Bonchev–Trinajstić information content (AvgIpc) is 2.77. The van der Waals surface area contributed by atoms with Crippen LogP contribution in [-0.4, -0.2) is 59.0 Å². The van der Waals surface area contributed by atoms with Crippen molar-refractivity contribution in [3.63, 3.8) is 0 Å². The molecule has 5 nitrogen and oxygen atoms in total. The third-order valence-corrected chi connectivity index (χ3v) is 5.70. The Bertz CT molecular complexity index is 504. The number of carboxylic acids is 1. The number of amides is 1. The van der Waals surface area contributed by atoms with Gasteiger partial charge in [0.25, 0.3) is 5.91 Å². The smallest absolute Gasteiger partial charge is 0.320 e. The molecule has 1 aromatic rings. The van der Waals surface area contributed by atoms with Crippen LogP contribution in [-0.2, 0) is 4.79 Å². The van der Waals surface area contributed by atoms with Gasteiger partial charge in [0.2, 0.25) is 0 Å². The maximum absolute atomic E-state index is 12.4. The Morgan fingerprint density at radius 2 is 1.95 bits per heavy atom. The largest absolute Gasteiger partial charge is 0.480 e. The van der Waals surface area contributed by atoms with Crippen molar-refractivity contribution in [1.82, 2.24) is 9.80 Å². The lowest BCUT2D eigenvalue weighted by atomic mass is 10.2. The van der Waals surface area contributed by atoms with Gasteiger partial charge in [0.15, 0.2) is 0 Å². The fourth-order valence-corrected chi connectivity index (χ4v) is 3.69. The summed E-state index contributed by atoms with van der Waals surface area (Å²) in [5.41, 5.74) is 1.07. The number of hydrogen-bond acceptors (Lipinski definition) is 4. The number of thiophene rings is 1. The zero-order valence-electron chi connectivity index (χ0n) is 11.4. The number of carboxylic acid groups (broad SMARTS) is 1. The molecule has 1 aliphatic rings. The van der Waals surface area contributed by atoms with Gasteiger partial charge in [-0.1, -0.05) is 0 Å². The fraction of sp³-hybridized carbons (Fsp3) is 0.538. The van der Waals surface area contributed by atoms with Crippen molar-refractivity contribution < 1.29 is 14.7 Å². The lowest BCUT2D eigenvalue weighted by Gasteiger charge is -2.36. The molecule has 1 amide bonds. The molecule has 0 spiro atoms. The van der Waals surface area contributed by atoms with Gasteiger partial charge >= 0.3 is 5.97 Å². The van der Waals surface area contributed by atoms with Gasteiger partial charge in [0.1, 0.15) is 6.04 Å². The van der Waals surface area contributed by atoms with Gasteiger partial charge in [-0.25, -0.2) is 0 Å². The second-order valence-electron chi connectivity index (χ2n) is 4.91. The molecule has 1 aliphatic heterocycles. The van der Waals surface area contributed by atoms with Crippen molar-refractivity contribution in [3.05, 3.63) is 20.3 Å². The number of aryl methyl sites for hydroxylation is 1. The van der Waals surface area contributed by atoms with Crippen LogP contribution in [0.15, 0.2) is 9.85 Å². The molecule has 20 heavy (non-hydrogen) atoms. The number of piperazine rings is 1. The molecule has 0 saturated carbocycles. The number of carbonyl (C=O) groups excluding carboxylic acids is 1. The van der Waals surface area contributed by atoms with Gasteiger partial charge in [-0.05, 0) is 41.4 Å². The van der Waals surface area contributed by atoms with Gasteiger partial charge in [0.05, 0.1) is 8.66 Å². The van der Waals surface area contributed by atoms with E-state index in [4.69, 9.17) is 5.11 Å². The molecular weight excluding hydrogens is 344 g/mol.